The van der Waals surface area contributed by atoms with Crippen molar-refractivity contribution in [2.75, 3.05) is 22.9 Å². The number of nitrogens with zero attached hydrogens (tertiary/aromatic N) is 2. The Morgan fingerprint density at radius 2 is 1.60 bits per heavy atom. The number of benzene rings is 1. The van der Waals surface area contributed by atoms with Crippen LogP contribution in [0.4, 0.5) is 11.4 Å². The Morgan fingerprint density at radius 1 is 1.00 bits per heavy atom. The number of rotatable bonds is 2. The molecule has 0 atom stereocenters. The van der Waals surface area contributed by atoms with Gasteiger partial charge in [0.1, 0.15) is 0 Å². The molecule has 20 heavy (non-hydrogen) atoms. The van der Waals surface area contributed by atoms with Crippen LogP contribution in [0, 0.1) is 0 Å². The summed E-state index contributed by atoms with van der Waals surface area (Å²) in [6.45, 7) is 1.57. The van der Waals surface area contributed by atoms with Crippen LogP contribution in [0.3, 0.4) is 0 Å². The lowest BCUT2D eigenvalue weighted by Crippen LogP contribution is -2.36. The third-order valence-corrected chi connectivity index (χ3v) is 3.73. The van der Waals surface area contributed by atoms with Gasteiger partial charge in [0, 0.05) is 30.9 Å². The summed E-state index contributed by atoms with van der Waals surface area (Å²) in [5.41, 5.74) is 1.57. The fourth-order valence-electron chi connectivity index (χ4n) is 2.61. The van der Waals surface area contributed by atoms with Crippen molar-refractivity contribution in [3.8, 4) is 0 Å². The Labute approximate surface area is 117 Å². The Morgan fingerprint density at radius 3 is 2.25 bits per heavy atom. The minimum Gasteiger partial charge on any atom is -0.393 e. The van der Waals surface area contributed by atoms with E-state index in [1.165, 1.54) is 17.1 Å². The van der Waals surface area contributed by atoms with E-state index < -0.39 is 0 Å². The number of anilines is 2. The molecule has 3 rings (SSSR count). The van der Waals surface area contributed by atoms with Gasteiger partial charge in [0.25, 0.3) is 11.8 Å². The number of aliphatic hydroxyl groups is 1. The number of carbonyl (C=O) groups is 2. The molecule has 104 valence electrons. The molecule has 0 spiro atoms. The van der Waals surface area contributed by atoms with Crippen LogP contribution >= 0.6 is 0 Å². The second kappa shape index (κ2) is 5.09. The molecule has 1 saturated heterocycles. The molecule has 0 radical (unpaired) electrons. The van der Waals surface area contributed by atoms with E-state index in [1.807, 2.05) is 18.2 Å². The van der Waals surface area contributed by atoms with Crippen molar-refractivity contribution >= 4 is 23.2 Å². The molecular weight excluding hydrogens is 256 g/mol. The zero-order chi connectivity index (χ0) is 14.1. The highest BCUT2D eigenvalue weighted by atomic mass is 16.3. The van der Waals surface area contributed by atoms with Crippen LogP contribution < -0.4 is 9.80 Å². The largest absolute Gasteiger partial charge is 0.393 e. The lowest BCUT2D eigenvalue weighted by molar-refractivity contribution is -0.119. The van der Waals surface area contributed by atoms with Crippen molar-refractivity contribution in [2.45, 2.75) is 18.9 Å². The third-order valence-electron chi connectivity index (χ3n) is 3.73. The van der Waals surface area contributed by atoms with E-state index in [1.54, 1.807) is 6.07 Å². The molecule has 2 heterocycles. The third kappa shape index (κ3) is 2.32. The van der Waals surface area contributed by atoms with Crippen LogP contribution in [0.2, 0.25) is 0 Å². The summed E-state index contributed by atoms with van der Waals surface area (Å²) in [6.07, 6.45) is 3.83. The van der Waals surface area contributed by atoms with Gasteiger partial charge < -0.3 is 10.0 Å². The minimum absolute atomic E-state index is 0.222. The molecule has 2 amide bonds. The summed E-state index contributed by atoms with van der Waals surface area (Å²) in [5, 5.41) is 9.54. The topological polar surface area (TPSA) is 60.9 Å². The maximum absolute atomic E-state index is 11.7. The first kappa shape index (κ1) is 12.9. The van der Waals surface area contributed by atoms with Gasteiger partial charge in [-0.1, -0.05) is 6.07 Å². The monoisotopic (exact) mass is 272 g/mol. The molecule has 1 N–H and O–H groups in total. The zero-order valence-corrected chi connectivity index (χ0v) is 11.0. The van der Waals surface area contributed by atoms with Crippen molar-refractivity contribution in [3.05, 3.63) is 36.4 Å². The van der Waals surface area contributed by atoms with E-state index in [9.17, 15) is 14.7 Å². The summed E-state index contributed by atoms with van der Waals surface area (Å²) < 4.78 is 0. The second-order valence-electron chi connectivity index (χ2n) is 5.08. The number of piperidine rings is 1. The Bertz CT molecular complexity index is 556. The standard InChI is InChI=1S/C15H16N2O3/c18-13-6-8-16(9-7-13)11-2-1-3-12(10-11)17-14(19)4-5-15(17)20/h1-5,10,13,18H,6-9H2. The van der Waals surface area contributed by atoms with Crippen LogP contribution in [-0.2, 0) is 9.59 Å². The minimum atomic E-state index is -0.304. The number of imide groups is 1. The van der Waals surface area contributed by atoms with Crippen molar-refractivity contribution in [3.63, 3.8) is 0 Å². The lowest BCUT2D eigenvalue weighted by atomic mass is 10.1. The average Bonchev–Trinajstić information content (AvgIpc) is 2.79. The average molecular weight is 272 g/mol. The Balaban J connectivity index is 1.83. The zero-order valence-electron chi connectivity index (χ0n) is 11.0. The van der Waals surface area contributed by atoms with Gasteiger partial charge in [-0.3, -0.25) is 9.59 Å². The van der Waals surface area contributed by atoms with Gasteiger partial charge in [-0.2, -0.15) is 0 Å². The van der Waals surface area contributed by atoms with Crippen molar-refractivity contribution < 1.29 is 14.7 Å². The predicted molar refractivity (Wildman–Crippen MR) is 75.5 cm³/mol. The van der Waals surface area contributed by atoms with E-state index >= 15 is 0 Å². The number of hydrogen-bond acceptors (Lipinski definition) is 4. The Hall–Kier alpha value is -2.14. The van der Waals surface area contributed by atoms with E-state index in [-0.39, 0.29) is 17.9 Å². The molecule has 1 aromatic carbocycles. The SMILES string of the molecule is O=C1C=CC(=O)N1c1cccc(N2CCC(O)CC2)c1. The first-order valence-electron chi connectivity index (χ1n) is 6.74. The highest BCUT2D eigenvalue weighted by Crippen LogP contribution is 2.26. The van der Waals surface area contributed by atoms with Gasteiger partial charge in [-0.05, 0) is 31.0 Å². The van der Waals surface area contributed by atoms with Gasteiger partial charge in [0.2, 0.25) is 0 Å². The van der Waals surface area contributed by atoms with Crippen LogP contribution in [0.15, 0.2) is 36.4 Å². The summed E-state index contributed by atoms with van der Waals surface area (Å²) in [7, 11) is 0. The van der Waals surface area contributed by atoms with Gasteiger partial charge in [-0.15, -0.1) is 0 Å². The van der Waals surface area contributed by atoms with Gasteiger partial charge >= 0.3 is 0 Å². The van der Waals surface area contributed by atoms with Crippen LogP contribution in [0.25, 0.3) is 0 Å². The molecule has 0 bridgehead atoms. The lowest BCUT2D eigenvalue weighted by Gasteiger charge is -2.32. The van der Waals surface area contributed by atoms with Gasteiger partial charge in [0.05, 0.1) is 11.8 Å². The maximum Gasteiger partial charge on any atom is 0.258 e. The molecule has 5 heteroatoms. The highest BCUT2D eigenvalue weighted by Gasteiger charge is 2.26. The second-order valence-corrected chi connectivity index (χ2v) is 5.08. The molecule has 2 aliphatic heterocycles. The van der Waals surface area contributed by atoms with E-state index in [0.29, 0.717) is 5.69 Å². The van der Waals surface area contributed by atoms with Crippen molar-refractivity contribution in [2.24, 2.45) is 0 Å². The predicted octanol–water partition coefficient (Wildman–Crippen LogP) is 1.08. The first-order valence-corrected chi connectivity index (χ1v) is 6.74. The molecule has 1 fully saturated rings. The smallest absolute Gasteiger partial charge is 0.258 e. The first-order chi connectivity index (χ1) is 9.65. The van der Waals surface area contributed by atoms with Crippen LogP contribution in [0.5, 0.6) is 0 Å². The summed E-state index contributed by atoms with van der Waals surface area (Å²) in [5.74, 6) is -0.609. The summed E-state index contributed by atoms with van der Waals surface area (Å²) in [4.78, 5) is 26.7. The number of amides is 2. The molecule has 2 aliphatic rings. The summed E-state index contributed by atoms with van der Waals surface area (Å²) >= 11 is 0. The molecule has 0 aromatic heterocycles. The van der Waals surface area contributed by atoms with E-state index in [4.69, 9.17) is 0 Å². The Kier molecular flexibility index (Phi) is 3.28. The molecule has 0 unspecified atom stereocenters. The number of carbonyl (C=O) groups excluding carboxylic acids is 2. The maximum atomic E-state index is 11.7. The molecule has 0 saturated carbocycles. The van der Waals surface area contributed by atoms with Gasteiger partial charge in [-0.25, -0.2) is 4.90 Å². The van der Waals surface area contributed by atoms with Crippen molar-refractivity contribution in [1.82, 2.24) is 0 Å². The van der Waals surface area contributed by atoms with Crippen LogP contribution in [0.1, 0.15) is 12.8 Å². The molecule has 5 nitrogen and oxygen atoms in total. The highest BCUT2D eigenvalue weighted by molar-refractivity contribution is 6.28. The van der Waals surface area contributed by atoms with Gasteiger partial charge in [0.15, 0.2) is 0 Å². The fraction of sp³-hybridized carbons (Fsp3) is 0.333. The van der Waals surface area contributed by atoms with Crippen LogP contribution in [-0.4, -0.2) is 36.1 Å². The van der Waals surface area contributed by atoms with E-state index in [0.717, 1.165) is 31.6 Å². The molecule has 0 aliphatic carbocycles. The number of hydrogen-bond donors (Lipinski definition) is 1. The molecular formula is C15H16N2O3. The molecule has 1 aromatic rings. The van der Waals surface area contributed by atoms with Crippen molar-refractivity contribution in [1.29, 1.82) is 0 Å². The fourth-order valence-corrected chi connectivity index (χ4v) is 2.61. The quantitative estimate of drug-likeness (QED) is 0.818. The van der Waals surface area contributed by atoms with E-state index in [2.05, 4.69) is 4.90 Å². The normalized spacial score (nSPS) is 20.1. The summed E-state index contributed by atoms with van der Waals surface area (Å²) in [6, 6.07) is 7.40. The number of aliphatic hydroxyl groups excluding tert-OH is 1.